The molecule has 0 aliphatic carbocycles. The van der Waals surface area contributed by atoms with Crippen LogP contribution in [0, 0.1) is 0 Å². The summed E-state index contributed by atoms with van der Waals surface area (Å²) in [5.41, 5.74) is 1.23. The van der Waals surface area contributed by atoms with Crippen molar-refractivity contribution in [1.29, 1.82) is 0 Å². The highest BCUT2D eigenvalue weighted by Crippen LogP contribution is 2.22. The second-order valence-electron chi connectivity index (χ2n) is 7.13. The van der Waals surface area contributed by atoms with Gasteiger partial charge in [0.15, 0.2) is 5.82 Å². The van der Waals surface area contributed by atoms with E-state index in [9.17, 15) is 4.79 Å². The molecular weight excluding hydrogens is 404 g/mol. The van der Waals surface area contributed by atoms with Crippen LogP contribution in [0.15, 0.2) is 85.2 Å². The molecule has 7 nitrogen and oxygen atoms in total. The molecule has 4 aromatic rings. The van der Waals surface area contributed by atoms with Crippen LogP contribution < -0.4 is 14.8 Å². The normalized spacial score (nSPS) is 10.5. The van der Waals surface area contributed by atoms with Gasteiger partial charge in [-0.25, -0.2) is 0 Å². The van der Waals surface area contributed by atoms with E-state index in [1.54, 1.807) is 42.5 Å². The van der Waals surface area contributed by atoms with Gasteiger partial charge < -0.3 is 19.4 Å². The van der Waals surface area contributed by atoms with Gasteiger partial charge in [-0.1, -0.05) is 13.3 Å². The van der Waals surface area contributed by atoms with Gasteiger partial charge in [-0.3, -0.25) is 4.79 Å². The fourth-order valence-corrected chi connectivity index (χ4v) is 2.96. The van der Waals surface area contributed by atoms with Gasteiger partial charge in [0.1, 0.15) is 11.5 Å². The number of anilines is 1. The van der Waals surface area contributed by atoms with E-state index < -0.39 is 0 Å². The standard InChI is InChI=1S/C25H24N4O3/c1-2-3-18-31-21-10-6-19(7-11-21)25(30)26-20-8-12-22(13-9-20)32-24-15-14-23(27-28-24)29-16-4-5-17-29/h4-17H,2-3,18H2,1H3,(H,26,30). The van der Waals surface area contributed by atoms with Crippen LogP contribution in [0.4, 0.5) is 5.69 Å². The quantitative estimate of drug-likeness (QED) is 0.357. The number of amides is 1. The fraction of sp³-hybridized carbons (Fsp3) is 0.160. The van der Waals surface area contributed by atoms with Gasteiger partial charge in [-0.05, 0) is 73.2 Å². The van der Waals surface area contributed by atoms with Crippen molar-refractivity contribution in [2.45, 2.75) is 19.8 Å². The molecule has 1 N–H and O–H groups in total. The van der Waals surface area contributed by atoms with Gasteiger partial charge in [-0.2, -0.15) is 0 Å². The fourth-order valence-electron chi connectivity index (χ4n) is 2.96. The van der Waals surface area contributed by atoms with E-state index in [4.69, 9.17) is 9.47 Å². The van der Waals surface area contributed by atoms with Gasteiger partial charge >= 0.3 is 0 Å². The number of nitrogens with one attached hydrogen (secondary N) is 1. The summed E-state index contributed by atoms with van der Waals surface area (Å²) < 4.78 is 13.2. The minimum atomic E-state index is -0.190. The molecule has 32 heavy (non-hydrogen) atoms. The van der Waals surface area contributed by atoms with Crippen LogP contribution in [0.2, 0.25) is 0 Å². The minimum Gasteiger partial charge on any atom is -0.494 e. The summed E-state index contributed by atoms with van der Waals surface area (Å²) in [4.78, 5) is 12.5. The van der Waals surface area contributed by atoms with Crippen molar-refractivity contribution in [3.8, 4) is 23.2 Å². The Kier molecular flexibility index (Phi) is 6.77. The lowest BCUT2D eigenvalue weighted by molar-refractivity contribution is 0.102. The zero-order chi connectivity index (χ0) is 22.2. The monoisotopic (exact) mass is 428 g/mol. The third-order valence-corrected chi connectivity index (χ3v) is 4.71. The SMILES string of the molecule is CCCCOc1ccc(C(=O)Nc2ccc(Oc3ccc(-n4cccc4)nn3)cc2)cc1. The summed E-state index contributed by atoms with van der Waals surface area (Å²) >= 11 is 0. The van der Waals surface area contributed by atoms with Crippen LogP contribution in [-0.4, -0.2) is 27.3 Å². The van der Waals surface area contributed by atoms with E-state index in [-0.39, 0.29) is 5.91 Å². The predicted molar refractivity (Wildman–Crippen MR) is 123 cm³/mol. The van der Waals surface area contributed by atoms with Crippen molar-refractivity contribution in [2.24, 2.45) is 0 Å². The third-order valence-electron chi connectivity index (χ3n) is 4.71. The number of hydrogen-bond acceptors (Lipinski definition) is 5. The smallest absolute Gasteiger partial charge is 0.255 e. The Labute approximate surface area is 186 Å². The molecule has 0 radical (unpaired) electrons. The molecule has 0 spiro atoms. The van der Waals surface area contributed by atoms with Gasteiger partial charge in [0.2, 0.25) is 5.88 Å². The molecule has 0 fully saturated rings. The summed E-state index contributed by atoms with van der Waals surface area (Å²) in [6.07, 6.45) is 5.88. The zero-order valence-electron chi connectivity index (χ0n) is 17.8. The van der Waals surface area contributed by atoms with Crippen LogP contribution in [0.3, 0.4) is 0 Å². The first-order valence-electron chi connectivity index (χ1n) is 10.5. The zero-order valence-corrected chi connectivity index (χ0v) is 17.8. The largest absolute Gasteiger partial charge is 0.494 e. The van der Waals surface area contributed by atoms with E-state index in [0.717, 1.165) is 18.6 Å². The number of nitrogens with zero attached hydrogens (tertiary/aromatic N) is 3. The number of carbonyl (C=O) groups is 1. The molecule has 7 heteroatoms. The summed E-state index contributed by atoms with van der Waals surface area (Å²) in [6, 6.07) is 21.6. The van der Waals surface area contributed by atoms with Gasteiger partial charge in [0.05, 0.1) is 6.61 Å². The molecule has 0 atom stereocenters. The number of carbonyl (C=O) groups excluding carboxylic acids is 1. The molecule has 0 saturated carbocycles. The van der Waals surface area contributed by atoms with E-state index in [1.807, 2.05) is 47.3 Å². The Hall–Kier alpha value is -4.13. The van der Waals surface area contributed by atoms with Crippen LogP contribution in [0.25, 0.3) is 5.82 Å². The van der Waals surface area contributed by atoms with Gasteiger partial charge in [0, 0.05) is 29.7 Å². The minimum absolute atomic E-state index is 0.190. The molecule has 0 unspecified atom stereocenters. The second kappa shape index (κ2) is 10.3. The number of benzene rings is 2. The van der Waals surface area contributed by atoms with E-state index in [1.165, 1.54) is 0 Å². The van der Waals surface area contributed by atoms with E-state index >= 15 is 0 Å². The molecule has 2 heterocycles. The van der Waals surface area contributed by atoms with Crippen LogP contribution >= 0.6 is 0 Å². The lowest BCUT2D eigenvalue weighted by Crippen LogP contribution is -2.11. The summed E-state index contributed by atoms with van der Waals surface area (Å²) in [6.45, 7) is 2.80. The average molecular weight is 428 g/mol. The summed E-state index contributed by atoms with van der Waals surface area (Å²) in [5, 5.41) is 11.1. The van der Waals surface area contributed by atoms with Gasteiger partial charge in [-0.15, -0.1) is 10.2 Å². The van der Waals surface area contributed by atoms with Gasteiger partial charge in [0.25, 0.3) is 5.91 Å². The van der Waals surface area contributed by atoms with Crippen molar-refractivity contribution in [3.63, 3.8) is 0 Å². The molecule has 0 aliphatic heterocycles. The number of hydrogen-bond donors (Lipinski definition) is 1. The Bertz CT molecular complexity index is 1120. The van der Waals surface area contributed by atoms with E-state index in [2.05, 4.69) is 22.4 Å². The first-order valence-corrected chi connectivity index (χ1v) is 10.5. The Morgan fingerprint density at radius 1 is 0.906 bits per heavy atom. The molecule has 0 aliphatic rings. The van der Waals surface area contributed by atoms with Crippen LogP contribution in [-0.2, 0) is 0 Å². The second-order valence-corrected chi connectivity index (χ2v) is 7.13. The van der Waals surface area contributed by atoms with Crippen molar-refractivity contribution in [1.82, 2.24) is 14.8 Å². The third kappa shape index (κ3) is 5.51. The predicted octanol–water partition coefficient (Wildman–Crippen LogP) is 5.49. The lowest BCUT2D eigenvalue weighted by atomic mass is 10.2. The molecule has 0 saturated heterocycles. The summed E-state index contributed by atoms with van der Waals surface area (Å²) in [7, 11) is 0. The Morgan fingerprint density at radius 3 is 2.28 bits per heavy atom. The van der Waals surface area contributed by atoms with Crippen molar-refractivity contribution < 1.29 is 14.3 Å². The molecule has 2 aromatic carbocycles. The van der Waals surface area contributed by atoms with Crippen molar-refractivity contribution in [3.05, 3.63) is 90.8 Å². The maximum absolute atomic E-state index is 12.5. The summed E-state index contributed by atoms with van der Waals surface area (Å²) in [5.74, 6) is 2.27. The van der Waals surface area contributed by atoms with E-state index in [0.29, 0.717) is 35.3 Å². The molecule has 1 amide bonds. The first-order chi connectivity index (χ1) is 15.7. The average Bonchev–Trinajstić information content (AvgIpc) is 3.36. The molecule has 4 rings (SSSR count). The molecule has 162 valence electrons. The van der Waals surface area contributed by atoms with Crippen molar-refractivity contribution >= 4 is 11.6 Å². The maximum atomic E-state index is 12.5. The Balaban J connectivity index is 1.32. The molecule has 2 aromatic heterocycles. The first kappa shape index (κ1) is 21.1. The number of unbranched alkanes of at least 4 members (excludes halogenated alkanes) is 1. The van der Waals surface area contributed by atoms with Crippen molar-refractivity contribution in [2.75, 3.05) is 11.9 Å². The molecule has 0 bridgehead atoms. The van der Waals surface area contributed by atoms with Crippen LogP contribution in [0.1, 0.15) is 30.1 Å². The number of rotatable bonds is 9. The topological polar surface area (TPSA) is 78.3 Å². The number of aromatic nitrogens is 3. The highest BCUT2D eigenvalue weighted by Gasteiger charge is 2.07. The maximum Gasteiger partial charge on any atom is 0.255 e. The highest BCUT2D eigenvalue weighted by molar-refractivity contribution is 6.04. The lowest BCUT2D eigenvalue weighted by Gasteiger charge is -2.09. The Morgan fingerprint density at radius 2 is 1.62 bits per heavy atom. The highest BCUT2D eigenvalue weighted by atomic mass is 16.5. The van der Waals surface area contributed by atoms with Crippen LogP contribution in [0.5, 0.6) is 17.4 Å². The number of ether oxygens (including phenoxy) is 2. The molecular formula is C25H24N4O3.